The van der Waals surface area contributed by atoms with Gasteiger partial charge in [0, 0.05) is 49.4 Å². The third kappa shape index (κ3) is 3.10. The van der Waals surface area contributed by atoms with Crippen LogP contribution in [0.2, 0.25) is 0 Å². The normalized spacial score (nSPS) is 20.1. The van der Waals surface area contributed by atoms with Gasteiger partial charge in [0.1, 0.15) is 18.4 Å². The molecule has 3 heterocycles. The number of nitriles is 1. The molecule has 1 fully saturated rings. The quantitative estimate of drug-likeness (QED) is 0.758. The lowest BCUT2D eigenvalue weighted by molar-refractivity contribution is 0.107. The lowest BCUT2D eigenvalue weighted by Crippen LogP contribution is -2.33. The Balaban J connectivity index is 1.70. The zero-order valence-electron chi connectivity index (χ0n) is 15.8. The molecule has 4 rings (SSSR count). The molecular weight excluding hydrogens is 340 g/mol. The highest BCUT2D eigenvalue weighted by Crippen LogP contribution is 2.37. The summed E-state index contributed by atoms with van der Waals surface area (Å²) in [6.07, 6.45) is 12.5. The molecule has 0 amide bonds. The van der Waals surface area contributed by atoms with E-state index < -0.39 is 0 Å². The summed E-state index contributed by atoms with van der Waals surface area (Å²) in [7, 11) is 1.73. The molecule has 0 radical (unpaired) electrons. The van der Waals surface area contributed by atoms with Gasteiger partial charge < -0.3 is 9.64 Å². The van der Waals surface area contributed by atoms with Gasteiger partial charge in [0.2, 0.25) is 0 Å². The minimum Gasteiger partial charge on any atom is -0.361 e. The predicted molar refractivity (Wildman–Crippen MR) is 103 cm³/mol. The summed E-state index contributed by atoms with van der Waals surface area (Å²) in [5.74, 6) is 1.34. The maximum absolute atomic E-state index is 9.21. The third-order valence-corrected chi connectivity index (χ3v) is 5.64. The van der Waals surface area contributed by atoms with Crippen molar-refractivity contribution in [2.24, 2.45) is 5.92 Å². The number of fused-ring (bicyclic) bond motifs is 1. The van der Waals surface area contributed by atoms with Crippen LogP contribution in [0.25, 0.3) is 17.0 Å². The van der Waals surface area contributed by atoms with Gasteiger partial charge in [0.25, 0.3) is 0 Å². The smallest absolute Gasteiger partial charge is 0.137 e. The van der Waals surface area contributed by atoms with Gasteiger partial charge in [0.15, 0.2) is 0 Å². The number of aromatic nitrogens is 4. The van der Waals surface area contributed by atoms with E-state index in [1.54, 1.807) is 19.5 Å². The number of allylic oxidation sites excluding steroid dienone is 2. The number of rotatable bonds is 5. The SMILES string of the molecule is CCN1c2ncnc(-c3cnn(/C(=C\C#N)C4CCCC4)c3)c2CC1OC. The van der Waals surface area contributed by atoms with E-state index in [4.69, 9.17) is 4.74 Å². The van der Waals surface area contributed by atoms with Crippen molar-refractivity contribution in [2.45, 2.75) is 45.3 Å². The molecule has 7 nitrogen and oxygen atoms in total. The fraction of sp³-hybridized carbons (Fsp3) is 0.500. The summed E-state index contributed by atoms with van der Waals surface area (Å²) >= 11 is 0. The van der Waals surface area contributed by atoms with Crippen LogP contribution >= 0.6 is 0 Å². The summed E-state index contributed by atoms with van der Waals surface area (Å²) in [6.45, 7) is 2.93. The minimum atomic E-state index is -0.0111. The van der Waals surface area contributed by atoms with E-state index in [0.717, 1.165) is 54.1 Å². The molecule has 0 N–H and O–H groups in total. The number of hydrogen-bond acceptors (Lipinski definition) is 6. The summed E-state index contributed by atoms with van der Waals surface area (Å²) < 4.78 is 7.47. The first-order valence-corrected chi connectivity index (χ1v) is 9.55. The van der Waals surface area contributed by atoms with Crippen LogP contribution in [-0.4, -0.2) is 39.6 Å². The monoisotopic (exact) mass is 364 g/mol. The number of ether oxygens (including phenoxy) is 1. The first kappa shape index (κ1) is 17.7. The van der Waals surface area contributed by atoms with Crippen molar-refractivity contribution in [3.63, 3.8) is 0 Å². The highest BCUT2D eigenvalue weighted by atomic mass is 16.5. The minimum absolute atomic E-state index is 0.0111. The Kier molecular flexibility index (Phi) is 4.90. The second-order valence-corrected chi connectivity index (χ2v) is 7.06. The predicted octanol–water partition coefficient (Wildman–Crippen LogP) is 3.25. The van der Waals surface area contributed by atoms with Gasteiger partial charge in [-0.25, -0.2) is 14.6 Å². The van der Waals surface area contributed by atoms with E-state index in [1.807, 2.05) is 17.1 Å². The number of nitrogens with zero attached hydrogens (tertiary/aromatic N) is 6. The molecule has 1 unspecified atom stereocenters. The van der Waals surface area contributed by atoms with E-state index >= 15 is 0 Å². The summed E-state index contributed by atoms with van der Waals surface area (Å²) in [5, 5.41) is 13.8. The van der Waals surface area contributed by atoms with E-state index in [1.165, 1.54) is 12.8 Å². The van der Waals surface area contributed by atoms with Gasteiger partial charge in [0.05, 0.1) is 23.7 Å². The highest BCUT2D eigenvalue weighted by molar-refractivity contribution is 5.71. The Bertz CT molecular complexity index is 890. The third-order valence-electron chi connectivity index (χ3n) is 5.64. The van der Waals surface area contributed by atoms with Gasteiger partial charge in [-0.1, -0.05) is 12.8 Å². The molecule has 2 aromatic rings. The van der Waals surface area contributed by atoms with Gasteiger partial charge in [-0.3, -0.25) is 0 Å². The Labute approximate surface area is 159 Å². The molecule has 1 saturated carbocycles. The van der Waals surface area contributed by atoms with Crippen LogP contribution in [0.1, 0.15) is 38.2 Å². The molecule has 0 spiro atoms. The molecule has 27 heavy (non-hydrogen) atoms. The maximum atomic E-state index is 9.21. The number of anilines is 1. The zero-order chi connectivity index (χ0) is 18.8. The van der Waals surface area contributed by atoms with Gasteiger partial charge in [-0.2, -0.15) is 10.4 Å². The van der Waals surface area contributed by atoms with Crippen LogP contribution in [0.3, 0.4) is 0 Å². The van der Waals surface area contributed by atoms with Gasteiger partial charge >= 0.3 is 0 Å². The van der Waals surface area contributed by atoms with Crippen LogP contribution in [-0.2, 0) is 11.2 Å². The topological polar surface area (TPSA) is 79.9 Å². The number of likely N-dealkylation sites (N-methyl/N-ethyl adjacent to an activating group) is 1. The Morgan fingerprint density at radius 3 is 2.89 bits per heavy atom. The summed E-state index contributed by atoms with van der Waals surface area (Å²) in [4.78, 5) is 11.2. The fourth-order valence-corrected chi connectivity index (χ4v) is 4.32. The van der Waals surface area contributed by atoms with E-state index in [0.29, 0.717) is 5.92 Å². The van der Waals surface area contributed by atoms with Crippen LogP contribution in [0, 0.1) is 17.2 Å². The van der Waals surface area contributed by atoms with Crippen molar-refractivity contribution in [1.29, 1.82) is 5.26 Å². The molecular formula is C20H24N6O. The molecule has 140 valence electrons. The molecule has 2 aromatic heterocycles. The molecule has 2 aliphatic rings. The summed E-state index contributed by atoms with van der Waals surface area (Å²) in [6, 6.07) is 2.19. The van der Waals surface area contributed by atoms with E-state index in [-0.39, 0.29) is 6.23 Å². The van der Waals surface area contributed by atoms with Crippen molar-refractivity contribution in [2.75, 3.05) is 18.6 Å². The maximum Gasteiger partial charge on any atom is 0.137 e. The van der Waals surface area contributed by atoms with Gasteiger partial charge in [-0.05, 0) is 19.8 Å². The van der Waals surface area contributed by atoms with E-state index in [2.05, 4.69) is 33.0 Å². The average molecular weight is 364 g/mol. The van der Waals surface area contributed by atoms with Crippen molar-refractivity contribution in [3.8, 4) is 17.3 Å². The van der Waals surface area contributed by atoms with Crippen molar-refractivity contribution in [1.82, 2.24) is 19.7 Å². The first-order chi connectivity index (χ1) is 13.3. The Morgan fingerprint density at radius 2 is 2.19 bits per heavy atom. The van der Waals surface area contributed by atoms with Crippen LogP contribution in [0.5, 0.6) is 0 Å². The number of hydrogen-bond donors (Lipinski definition) is 0. The zero-order valence-corrected chi connectivity index (χ0v) is 15.8. The Morgan fingerprint density at radius 1 is 1.37 bits per heavy atom. The summed E-state index contributed by atoms with van der Waals surface area (Å²) in [5.41, 5.74) is 3.92. The second-order valence-electron chi connectivity index (χ2n) is 7.06. The highest BCUT2D eigenvalue weighted by Gasteiger charge is 2.32. The van der Waals surface area contributed by atoms with E-state index in [9.17, 15) is 5.26 Å². The fourth-order valence-electron chi connectivity index (χ4n) is 4.32. The molecule has 0 bridgehead atoms. The van der Waals surface area contributed by atoms with Crippen LogP contribution in [0.4, 0.5) is 5.82 Å². The van der Waals surface area contributed by atoms with Gasteiger partial charge in [-0.15, -0.1) is 0 Å². The van der Waals surface area contributed by atoms with Crippen LogP contribution in [0.15, 0.2) is 24.8 Å². The standard InChI is InChI=1S/C20H24N6O/c1-3-25-18(27-2)10-16-19(22-13-23-20(16)25)15-11-24-26(12-15)17(8-9-21)14-6-4-5-7-14/h8,11-14,18H,3-7,10H2,1-2H3/b17-8-. The van der Waals surface area contributed by atoms with Crippen molar-refractivity contribution in [3.05, 3.63) is 30.4 Å². The first-order valence-electron chi connectivity index (χ1n) is 9.55. The molecule has 0 aromatic carbocycles. The average Bonchev–Trinajstić information content (AvgIpc) is 3.44. The molecule has 1 atom stereocenters. The largest absolute Gasteiger partial charge is 0.361 e. The number of methoxy groups -OCH3 is 1. The Hall–Kier alpha value is -2.72. The molecule has 1 aliphatic carbocycles. The van der Waals surface area contributed by atoms with Crippen molar-refractivity contribution < 1.29 is 4.74 Å². The lowest BCUT2D eigenvalue weighted by Gasteiger charge is -2.23. The molecule has 7 heteroatoms. The molecule has 1 aliphatic heterocycles. The van der Waals surface area contributed by atoms with Crippen molar-refractivity contribution >= 4 is 11.5 Å². The second kappa shape index (κ2) is 7.49. The lowest BCUT2D eigenvalue weighted by atomic mass is 10.0. The van der Waals surface area contributed by atoms with Crippen LogP contribution < -0.4 is 4.90 Å². The molecule has 0 saturated heterocycles.